The van der Waals surface area contributed by atoms with Gasteiger partial charge in [-0.25, -0.2) is 0 Å². The van der Waals surface area contributed by atoms with E-state index in [1.54, 1.807) is 0 Å². The minimum Gasteiger partial charge on any atom is -0.321 e. The summed E-state index contributed by atoms with van der Waals surface area (Å²) in [6.45, 7) is 3.81. The van der Waals surface area contributed by atoms with Crippen molar-refractivity contribution in [1.82, 2.24) is 4.98 Å². The van der Waals surface area contributed by atoms with Crippen molar-refractivity contribution in [3.05, 3.63) is 45.7 Å². The summed E-state index contributed by atoms with van der Waals surface area (Å²) in [7, 11) is 0. The number of aromatic nitrogens is 1. The molecule has 1 aromatic heterocycles. The fourth-order valence-corrected chi connectivity index (χ4v) is 1.49. The highest BCUT2D eigenvalue weighted by Crippen LogP contribution is 2.14. The van der Waals surface area contributed by atoms with Gasteiger partial charge in [0.25, 0.3) is 5.56 Å². The number of fused-ring (bicyclic) bond motifs is 1. The van der Waals surface area contributed by atoms with E-state index in [0.717, 1.165) is 22.0 Å². The van der Waals surface area contributed by atoms with Gasteiger partial charge in [0.1, 0.15) is 0 Å². The molecule has 2 aromatic rings. The van der Waals surface area contributed by atoms with Crippen molar-refractivity contribution in [1.29, 1.82) is 0 Å². The van der Waals surface area contributed by atoms with Gasteiger partial charge in [0.2, 0.25) is 0 Å². The first-order valence-electron chi connectivity index (χ1n) is 4.28. The number of aryl methyl sites for hydroxylation is 2. The predicted octanol–water partition coefficient (Wildman–Crippen LogP) is 2.14. The third kappa shape index (κ3) is 1.24. The van der Waals surface area contributed by atoms with Crippen LogP contribution < -0.4 is 5.56 Å². The lowest BCUT2D eigenvalue weighted by molar-refractivity contribution is 1.22. The van der Waals surface area contributed by atoms with Crippen LogP contribution in [0.25, 0.3) is 10.9 Å². The van der Waals surface area contributed by atoms with Crippen LogP contribution in [-0.4, -0.2) is 4.98 Å². The largest absolute Gasteiger partial charge is 0.321 e. The van der Waals surface area contributed by atoms with E-state index in [-0.39, 0.29) is 5.56 Å². The monoisotopic (exact) mass is 173 g/mol. The molecule has 0 saturated carbocycles. The van der Waals surface area contributed by atoms with E-state index < -0.39 is 0 Å². The Bertz CT molecular complexity index is 511. The molecule has 2 heteroatoms. The molecule has 1 aromatic carbocycles. The van der Waals surface area contributed by atoms with Gasteiger partial charge in [-0.3, -0.25) is 4.79 Å². The molecule has 0 saturated heterocycles. The molecule has 0 bridgehead atoms. The Balaban J connectivity index is 2.97. The minimum absolute atomic E-state index is 0.00167. The molecule has 0 unspecified atom stereocenters. The van der Waals surface area contributed by atoms with Gasteiger partial charge in [-0.05, 0) is 30.9 Å². The lowest BCUT2D eigenvalue weighted by Gasteiger charge is -2.01. The van der Waals surface area contributed by atoms with E-state index in [1.807, 2.05) is 38.1 Å². The first kappa shape index (κ1) is 8.05. The third-order valence-electron chi connectivity index (χ3n) is 2.27. The molecule has 66 valence electrons. The van der Waals surface area contributed by atoms with Gasteiger partial charge in [-0.1, -0.05) is 18.2 Å². The first-order chi connectivity index (χ1) is 6.18. The highest BCUT2D eigenvalue weighted by Gasteiger charge is 1.99. The minimum atomic E-state index is 0.00167. The zero-order chi connectivity index (χ0) is 9.42. The Kier molecular flexibility index (Phi) is 1.69. The Hall–Kier alpha value is -1.57. The summed E-state index contributed by atoms with van der Waals surface area (Å²) in [5.41, 5.74) is 2.81. The lowest BCUT2D eigenvalue weighted by atomic mass is 10.1. The van der Waals surface area contributed by atoms with Gasteiger partial charge in [0.05, 0.1) is 5.52 Å². The zero-order valence-corrected chi connectivity index (χ0v) is 7.72. The van der Waals surface area contributed by atoms with Crippen molar-refractivity contribution in [2.24, 2.45) is 0 Å². The molecule has 0 amide bonds. The number of benzene rings is 1. The smallest absolute Gasteiger partial charge is 0.251 e. The third-order valence-corrected chi connectivity index (χ3v) is 2.27. The van der Waals surface area contributed by atoms with E-state index in [0.29, 0.717) is 0 Å². The van der Waals surface area contributed by atoms with E-state index in [9.17, 15) is 4.79 Å². The van der Waals surface area contributed by atoms with Gasteiger partial charge in [0.15, 0.2) is 0 Å². The molecule has 0 aliphatic heterocycles. The average Bonchev–Trinajstić information content (AvgIpc) is 2.09. The van der Waals surface area contributed by atoms with Gasteiger partial charge in [0, 0.05) is 5.56 Å². The summed E-state index contributed by atoms with van der Waals surface area (Å²) in [6.07, 6.45) is 0. The second-order valence-corrected chi connectivity index (χ2v) is 3.32. The van der Waals surface area contributed by atoms with Gasteiger partial charge in [-0.15, -0.1) is 0 Å². The van der Waals surface area contributed by atoms with Crippen LogP contribution in [0.3, 0.4) is 0 Å². The van der Waals surface area contributed by atoms with Crippen LogP contribution in [0.15, 0.2) is 29.1 Å². The molecular weight excluding hydrogens is 162 g/mol. The van der Waals surface area contributed by atoms with Gasteiger partial charge in [-0.2, -0.15) is 0 Å². The molecule has 0 aliphatic rings. The predicted molar refractivity (Wildman–Crippen MR) is 54.0 cm³/mol. The van der Waals surface area contributed by atoms with Crippen molar-refractivity contribution in [3.63, 3.8) is 0 Å². The Morgan fingerprint density at radius 2 is 1.92 bits per heavy atom. The summed E-state index contributed by atoms with van der Waals surface area (Å²) in [5, 5.41) is 1.09. The number of H-pyrrole nitrogens is 1. The molecule has 0 radical (unpaired) electrons. The van der Waals surface area contributed by atoms with E-state index in [1.165, 1.54) is 0 Å². The maximum absolute atomic E-state index is 11.3. The topological polar surface area (TPSA) is 32.9 Å². The second kappa shape index (κ2) is 2.73. The highest BCUT2D eigenvalue weighted by atomic mass is 16.1. The maximum Gasteiger partial charge on any atom is 0.251 e. The van der Waals surface area contributed by atoms with Crippen LogP contribution in [0.4, 0.5) is 0 Å². The van der Waals surface area contributed by atoms with Crippen molar-refractivity contribution in [2.75, 3.05) is 0 Å². The fraction of sp³-hybridized carbons (Fsp3) is 0.182. The van der Waals surface area contributed by atoms with Crippen LogP contribution in [0, 0.1) is 13.8 Å². The Morgan fingerprint density at radius 3 is 2.69 bits per heavy atom. The average molecular weight is 173 g/mol. The number of para-hydroxylation sites is 1. The number of hydrogen-bond acceptors (Lipinski definition) is 1. The normalized spacial score (nSPS) is 10.6. The summed E-state index contributed by atoms with van der Waals surface area (Å²) in [5.74, 6) is 0. The highest BCUT2D eigenvalue weighted by molar-refractivity contribution is 5.81. The van der Waals surface area contributed by atoms with Crippen LogP contribution in [0.2, 0.25) is 0 Å². The molecular formula is C11H11NO. The number of nitrogens with one attached hydrogen (secondary N) is 1. The SMILES string of the molecule is Cc1cc2cccc(C)c2[nH]c1=O. The van der Waals surface area contributed by atoms with E-state index in [2.05, 4.69) is 4.98 Å². The fourth-order valence-electron chi connectivity index (χ4n) is 1.49. The number of pyridine rings is 1. The summed E-state index contributed by atoms with van der Waals surface area (Å²) in [4.78, 5) is 14.2. The molecule has 0 atom stereocenters. The van der Waals surface area contributed by atoms with Crippen molar-refractivity contribution in [2.45, 2.75) is 13.8 Å². The van der Waals surface area contributed by atoms with E-state index in [4.69, 9.17) is 0 Å². The van der Waals surface area contributed by atoms with Crippen LogP contribution in [-0.2, 0) is 0 Å². The van der Waals surface area contributed by atoms with Crippen molar-refractivity contribution < 1.29 is 0 Å². The second-order valence-electron chi connectivity index (χ2n) is 3.32. The van der Waals surface area contributed by atoms with Crippen molar-refractivity contribution >= 4 is 10.9 Å². The van der Waals surface area contributed by atoms with E-state index >= 15 is 0 Å². The summed E-state index contributed by atoms with van der Waals surface area (Å²) in [6, 6.07) is 7.91. The standard InChI is InChI=1S/C11H11NO/c1-7-4-3-5-9-6-8(2)11(13)12-10(7)9/h3-6H,1-2H3,(H,12,13). The van der Waals surface area contributed by atoms with Gasteiger partial charge < -0.3 is 4.98 Å². The summed E-state index contributed by atoms with van der Waals surface area (Å²) >= 11 is 0. The number of rotatable bonds is 0. The maximum atomic E-state index is 11.3. The van der Waals surface area contributed by atoms with Crippen molar-refractivity contribution in [3.8, 4) is 0 Å². The Labute approximate surface area is 76.2 Å². The first-order valence-corrected chi connectivity index (χ1v) is 4.28. The molecule has 0 fully saturated rings. The van der Waals surface area contributed by atoms with Crippen LogP contribution in [0.5, 0.6) is 0 Å². The lowest BCUT2D eigenvalue weighted by Crippen LogP contribution is -2.08. The van der Waals surface area contributed by atoms with Gasteiger partial charge >= 0.3 is 0 Å². The van der Waals surface area contributed by atoms with Crippen LogP contribution >= 0.6 is 0 Å². The summed E-state index contributed by atoms with van der Waals surface area (Å²) < 4.78 is 0. The van der Waals surface area contributed by atoms with Crippen LogP contribution in [0.1, 0.15) is 11.1 Å². The molecule has 0 spiro atoms. The molecule has 1 heterocycles. The zero-order valence-electron chi connectivity index (χ0n) is 7.72. The number of hydrogen-bond donors (Lipinski definition) is 1. The molecule has 2 rings (SSSR count). The Morgan fingerprint density at radius 1 is 1.15 bits per heavy atom. The molecule has 1 N–H and O–H groups in total. The molecule has 13 heavy (non-hydrogen) atoms. The quantitative estimate of drug-likeness (QED) is 0.650. The molecule has 2 nitrogen and oxygen atoms in total. The number of aromatic amines is 1. The molecule has 0 aliphatic carbocycles.